The minimum Gasteiger partial charge on any atom is -0.388 e. The standard InChI is InChI=1S/C15H17F2N3O2/c16-13-2-1-3-14(17)15(13)20-6-4-19(5-7-20)9-11-8-12(10-21)22-18-11/h1-3,8,21H,4-7,9-10H2. The van der Waals surface area contributed by atoms with E-state index in [1.807, 2.05) is 0 Å². The summed E-state index contributed by atoms with van der Waals surface area (Å²) in [7, 11) is 0. The van der Waals surface area contributed by atoms with Crippen LogP contribution in [-0.4, -0.2) is 41.3 Å². The van der Waals surface area contributed by atoms with Gasteiger partial charge >= 0.3 is 0 Å². The van der Waals surface area contributed by atoms with Crippen molar-refractivity contribution in [2.75, 3.05) is 31.1 Å². The molecule has 0 saturated carbocycles. The van der Waals surface area contributed by atoms with Gasteiger partial charge < -0.3 is 14.5 Å². The third-order valence-corrected chi connectivity index (χ3v) is 3.78. The van der Waals surface area contributed by atoms with E-state index in [0.29, 0.717) is 38.5 Å². The molecule has 0 aliphatic carbocycles. The summed E-state index contributed by atoms with van der Waals surface area (Å²) in [5.41, 5.74) is 0.792. The fraction of sp³-hybridized carbons (Fsp3) is 0.400. The monoisotopic (exact) mass is 309 g/mol. The average molecular weight is 309 g/mol. The molecule has 1 aromatic carbocycles. The molecule has 0 unspecified atom stereocenters. The van der Waals surface area contributed by atoms with Crippen molar-refractivity contribution in [1.82, 2.24) is 10.1 Å². The van der Waals surface area contributed by atoms with Crippen molar-refractivity contribution >= 4 is 5.69 Å². The maximum Gasteiger partial charge on any atom is 0.162 e. The van der Waals surface area contributed by atoms with Gasteiger partial charge in [0.05, 0.1) is 5.69 Å². The molecule has 0 radical (unpaired) electrons. The van der Waals surface area contributed by atoms with Crippen LogP contribution in [0, 0.1) is 11.6 Å². The highest BCUT2D eigenvalue weighted by molar-refractivity contribution is 5.49. The summed E-state index contributed by atoms with van der Waals surface area (Å²) in [6.45, 7) is 2.86. The summed E-state index contributed by atoms with van der Waals surface area (Å²) >= 11 is 0. The molecule has 0 bridgehead atoms. The van der Waals surface area contributed by atoms with Gasteiger partial charge in [0.25, 0.3) is 0 Å². The summed E-state index contributed by atoms with van der Waals surface area (Å²) < 4.78 is 32.5. The van der Waals surface area contributed by atoms with Gasteiger partial charge in [-0.1, -0.05) is 11.2 Å². The molecule has 1 N–H and O–H groups in total. The normalized spacial score (nSPS) is 16.2. The highest BCUT2D eigenvalue weighted by Crippen LogP contribution is 2.24. The van der Waals surface area contributed by atoms with Crippen LogP contribution >= 0.6 is 0 Å². The molecule has 1 saturated heterocycles. The van der Waals surface area contributed by atoms with Crippen LogP contribution in [0.25, 0.3) is 0 Å². The predicted octanol–water partition coefficient (Wildman–Crippen LogP) is 1.77. The van der Waals surface area contributed by atoms with Crippen LogP contribution in [-0.2, 0) is 13.2 Å². The molecule has 22 heavy (non-hydrogen) atoms. The van der Waals surface area contributed by atoms with E-state index in [9.17, 15) is 8.78 Å². The third-order valence-electron chi connectivity index (χ3n) is 3.78. The molecule has 0 spiro atoms. The van der Waals surface area contributed by atoms with E-state index in [1.165, 1.54) is 18.2 Å². The highest BCUT2D eigenvalue weighted by atomic mass is 19.1. The van der Waals surface area contributed by atoms with Gasteiger partial charge in [0, 0.05) is 38.8 Å². The van der Waals surface area contributed by atoms with Crippen molar-refractivity contribution in [2.45, 2.75) is 13.2 Å². The third kappa shape index (κ3) is 3.10. The number of halogens is 2. The lowest BCUT2D eigenvalue weighted by Gasteiger charge is -2.35. The minimum absolute atomic E-state index is 0.0474. The van der Waals surface area contributed by atoms with Gasteiger partial charge in [0.2, 0.25) is 0 Å². The zero-order valence-electron chi connectivity index (χ0n) is 12.0. The first kappa shape index (κ1) is 14.9. The Labute approximate surface area is 126 Å². The van der Waals surface area contributed by atoms with Gasteiger partial charge in [-0.05, 0) is 12.1 Å². The average Bonchev–Trinajstić information content (AvgIpc) is 2.96. The quantitative estimate of drug-likeness (QED) is 0.933. The number of aliphatic hydroxyl groups is 1. The molecule has 1 aliphatic rings. The molecule has 0 atom stereocenters. The van der Waals surface area contributed by atoms with Gasteiger partial charge in [-0.25, -0.2) is 8.78 Å². The van der Waals surface area contributed by atoms with Gasteiger partial charge in [0.1, 0.15) is 23.9 Å². The van der Waals surface area contributed by atoms with Crippen LogP contribution in [0.4, 0.5) is 14.5 Å². The Morgan fingerprint density at radius 3 is 2.41 bits per heavy atom. The second-order valence-electron chi connectivity index (χ2n) is 5.28. The molecule has 1 aliphatic heterocycles. The smallest absolute Gasteiger partial charge is 0.162 e. The first-order valence-corrected chi connectivity index (χ1v) is 7.14. The Morgan fingerprint density at radius 2 is 1.82 bits per heavy atom. The Bertz CT molecular complexity index is 619. The lowest BCUT2D eigenvalue weighted by atomic mass is 10.2. The van der Waals surface area contributed by atoms with Gasteiger partial charge in [-0.3, -0.25) is 4.90 Å². The van der Waals surface area contributed by atoms with Crippen LogP contribution < -0.4 is 4.90 Å². The number of rotatable bonds is 4. The van der Waals surface area contributed by atoms with E-state index < -0.39 is 11.6 Å². The Hall–Kier alpha value is -1.99. The van der Waals surface area contributed by atoms with Crippen molar-refractivity contribution in [3.8, 4) is 0 Å². The van der Waals surface area contributed by atoms with Crippen LogP contribution in [0.5, 0.6) is 0 Å². The summed E-state index contributed by atoms with van der Waals surface area (Å²) in [4.78, 5) is 3.86. The first-order chi connectivity index (χ1) is 10.7. The molecule has 118 valence electrons. The van der Waals surface area contributed by atoms with Crippen LogP contribution in [0.15, 0.2) is 28.8 Å². The lowest BCUT2D eigenvalue weighted by molar-refractivity contribution is 0.222. The summed E-state index contributed by atoms with van der Waals surface area (Å²) in [5, 5.41) is 12.8. The van der Waals surface area contributed by atoms with E-state index in [2.05, 4.69) is 10.1 Å². The molecule has 0 amide bonds. The number of aromatic nitrogens is 1. The molecule has 5 nitrogen and oxygen atoms in total. The van der Waals surface area contributed by atoms with Gasteiger partial charge in [-0.15, -0.1) is 0 Å². The number of piperazine rings is 1. The van der Waals surface area contributed by atoms with E-state index in [1.54, 1.807) is 11.0 Å². The Kier molecular flexibility index (Phi) is 4.35. The number of benzene rings is 1. The van der Waals surface area contributed by atoms with Crippen LogP contribution in [0.1, 0.15) is 11.5 Å². The van der Waals surface area contributed by atoms with Gasteiger partial charge in [-0.2, -0.15) is 0 Å². The minimum atomic E-state index is -0.530. The maximum absolute atomic E-state index is 13.8. The molecule has 7 heteroatoms. The Morgan fingerprint density at radius 1 is 1.14 bits per heavy atom. The zero-order chi connectivity index (χ0) is 15.5. The van der Waals surface area contributed by atoms with Crippen molar-refractivity contribution in [1.29, 1.82) is 0 Å². The summed E-state index contributed by atoms with van der Waals surface area (Å²) in [6.07, 6.45) is 0. The second kappa shape index (κ2) is 6.41. The van der Waals surface area contributed by atoms with E-state index in [0.717, 1.165) is 5.69 Å². The fourth-order valence-electron chi connectivity index (χ4n) is 2.65. The molecule has 2 aromatic rings. The zero-order valence-corrected chi connectivity index (χ0v) is 12.0. The summed E-state index contributed by atoms with van der Waals surface area (Å²) in [5.74, 6) is -0.628. The first-order valence-electron chi connectivity index (χ1n) is 7.14. The molecular formula is C15H17F2N3O2. The van der Waals surface area contributed by atoms with E-state index in [4.69, 9.17) is 9.63 Å². The molecular weight excluding hydrogens is 292 g/mol. The fourth-order valence-corrected chi connectivity index (χ4v) is 2.65. The van der Waals surface area contributed by atoms with E-state index in [-0.39, 0.29) is 12.3 Å². The van der Waals surface area contributed by atoms with Crippen molar-refractivity contribution < 1.29 is 18.4 Å². The molecule has 2 heterocycles. The predicted molar refractivity (Wildman–Crippen MR) is 76.3 cm³/mol. The topological polar surface area (TPSA) is 52.7 Å². The lowest BCUT2D eigenvalue weighted by Crippen LogP contribution is -2.46. The number of aliphatic hydroxyl groups excluding tert-OH is 1. The van der Waals surface area contributed by atoms with Crippen molar-refractivity contribution in [3.63, 3.8) is 0 Å². The SMILES string of the molecule is OCc1cc(CN2CCN(c3c(F)cccc3F)CC2)no1. The number of nitrogens with zero attached hydrogens (tertiary/aromatic N) is 3. The van der Waals surface area contributed by atoms with Crippen molar-refractivity contribution in [2.24, 2.45) is 0 Å². The Balaban J connectivity index is 1.60. The molecule has 1 fully saturated rings. The number of hydrogen-bond donors (Lipinski definition) is 1. The maximum atomic E-state index is 13.8. The molecule has 3 rings (SSSR count). The number of anilines is 1. The van der Waals surface area contributed by atoms with Crippen LogP contribution in [0.2, 0.25) is 0 Å². The largest absolute Gasteiger partial charge is 0.388 e. The van der Waals surface area contributed by atoms with Gasteiger partial charge in [0.15, 0.2) is 5.76 Å². The van der Waals surface area contributed by atoms with Crippen molar-refractivity contribution in [3.05, 3.63) is 47.4 Å². The van der Waals surface area contributed by atoms with E-state index >= 15 is 0 Å². The summed E-state index contributed by atoms with van der Waals surface area (Å²) in [6, 6.07) is 5.63. The highest BCUT2D eigenvalue weighted by Gasteiger charge is 2.22. The second-order valence-corrected chi connectivity index (χ2v) is 5.28. The number of para-hydroxylation sites is 1. The molecule has 1 aromatic heterocycles. The van der Waals surface area contributed by atoms with Crippen LogP contribution in [0.3, 0.4) is 0 Å². The number of hydrogen-bond acceptors (Lipinski definition) is 5.